The Bertz CT molecular complexity index is 600. The van der Waals surface area contributed by atoms with Crippen molar-refractivity contribution in [2.45, 2.75) is 18.2 Å². The highest BCUT2D eigenvalue weighted by Crippen LogP contribution is 2.34. The highest BCUT2D eigenvalue weighted by atomic mass is 35.7. The van der Waals surface area contributed by atoms with Crippen LogP contribution in [0.4, 0.5) is 0 Å². The van der Waals surface area contributed by atoms with Crippen molar-refractivity contribution in [3.63, 3.8) is 0 Å². The van der Waals surface area contributed by atoms with Crippen LogP contribution in [-0.2, 0) is 20.3 Å². The Labute approximate surface area is 122 Å². The fraction of sp³-hybridized carbons (Fsp3) is 0.417. The van der Waals surface area contributed by atoms with Crippen molar-refractivity contribution in [1.29, 1.82) is 0 Å². The maximum atomic E-state index is 11.6. The van der Waals surface area contributed by atoms with Crippen LogP contribution < -0.4 is 14.8 Å². The molecule has 0 bridgehead atoms. The minimum Gasteiger partial charge on any atom is -0.493 e. The predicted molar refractivity (Wildman–Crippen MR) is 75.0 cm³/mol. The molecule has 0 unspecified atom stereocenters. The minimum absolute atomic E-state index is 0.0535. The Morgan fingerprint density at radius 1 is 1.25 bits per heavy atom. The van der Waals surface area contributed by atoms with Gasteiger partial charge in [-0.05, 0) is 18.1 Å². The molecule has 1 N–H and O–H groups in total. The third kappa shape index (κ3) is 4.28. The lowest BCUT2D eigenvalue weighted by molar-refractivity contribution is -0.118. The number of carbonyl (C=O) groups excluding carboxylic acids is 1. The van der Waals surface area contributed by atoms with E-state index in [1.807, 2.05) is 0 Å². The van der Waals surface area contributed by atoms with Crippen LogP contribution in [0.1, 0.15) is 12.5 Å². The van der Waals surface area contributed by atoms with Crippen LogP contribution in [0.2, 0.25) is 0 Å². The molecule has 8 heteroatoms. The first kappa shape index (κ1) is 16.6. The Hall–Kier alpha value is -1.47. The maximum absolute atomic E-state index is 11.6. The lowest BCUT2D eigenvalue weighted by atomic mass is 10.1. The molecule has 1 rings (SSSR count). The smallest absolute Gasteiger partial charge is 0.261 e. The summed E-state index contributed by atoms with van der Waals surface area (Å²) in [6.45, 7) is 1.68. The van der Waals surface area contributed by atoms with Gasteiger partial charge in [0.1, 0.15) is 0 Å². The molecular weight excluding hydrogens is 306 g/mol. The van der Waals surface area contributed by atoms with Gasteiger partial charge in [-0.15, -0.1) is 0 Å². The van der Waals surface area contributed by atoms with E-state index in [0.29, 0.717) is 24.3 Å². The van der Waals surface area contributed by atoms with Crippen molar-refractivity contribution < 1.29 is 22.7 Å². The molecule has 0 saturated heterocycles. The number of amides is 1. The molecule has 0 aliphatic heterocycles. The van der Waals surface area contributed by atoms with Gasteiger partial charge in [0.2, 0.25) is 5.91 Å². The van der Waals surface area contributed by atoms with Crippen molar-refractivity contribution in [3.8, 4) is 11.5 Å². The zero-order valence-electron chi connectivity index (χ0n) is 11.4. The molecule has 1 aromatic rings. The summed E-state index contributed by atoms with van der Waals surface area (Å²) in [4.78, 5) is 10.8. The van der Waals surface area contributed by atoms with Gasteiger partial charge in [0.05, 0.1) is 19.1 Å². The molecule has 6 nitrogen and oxygen atoms in total. The van der Waals surface area contributed by atoms with E-state index in [0.717, 1.165) is 0 Å². The molecule has 1 aromatic carbocycles. The second-order valence-electron chi connectivity index (χ2n) is 3.99. The second-order valence-corrected chi connectivity index (χ2v) is 6.52. The average molecular weight is 322 g/mol. The fourth-order valence-corrected chi connectivity index (χ4v) is 2.85. The topological polar surface area (TPSA) is 81.7 Å². The number of hydrogen-bond acceptors (Lipinski definition) is 5. The number of hydrogen-bond donors (Lipinski definition) is 1. The number of methoxy groups -OCH3 is 2. The Morgan fingerprint density at radius 3 is 2.25 bits per heavy atom. The van der Waals surface area contributed by atoms with Crippen molar-refractivity contribution in [1.82, 2.24) is 5.32 Å². The molecule has 112 valence electrons. The number of nitrogens with one attached hydrogen (secondary N) is 1. The first-order valence-corrected chi connectivity index (χ1v) is 8.04. The van der Waals surface area contributed by atoms with Crippen LogP contribution in [0.25, 0.3) is 0 Å². The van der Waals surface area contributed by atoms with E-state index < -0.39 is 9.05 Å². The number of carbonyl (C=O) groups is 1. The summed E-state index contributed by atoms with van der Waals surface area (Å²) in [5, 5.41) is 2.59. The monoisotopic (exact) mass is 321 g/mol. The Morgan fingerprint density at radius 2 is 1.80 bits per heavy atom. The van der Waals surface area contributed by atoms with Gasteiger partial charge in [0.15, 0.2) is 11.5 Å². The van der Waals surface area contributed by atoms with Gasteiger partial charge in [-0.3, -0.25) is 4.79 Å². The lowest BCUT2D eigenvalue weighted by Gasteiger charge is -2.13. The number of benzene rings is 1. The molecule has 0 aliphatic rings. The highest BCUT2D eigenvalue weighted by Gasteiger charge is 2.20. The normalized spacial score (nSPS) is 11.0. The van der Waals surface area contributed by atoms with E-state index >= 15 is 0 Å². The second kappa shape index (κ2) is 6.81. The molecule has 0 heterocycles. The molecule has 0 atom stereocenters. The summed E-state index contributed by atoms with van der Waals surface area (Å²) < 4.78 is 33.4. The first-order chi connectivity index (χ1) is 9.29. The van der Waals surface area contributed by atoms with E-state index in [1.165, 1.54) is 33.3 Å². The summed E-state index contributed by atoms with van der Waals surface area (Å²) in [5.74, 6) is 0.477. The molecule has 0 saturated carbocycles. The molecule has 0 fully saturated rings. The van der Waals surface area contributed by atoms with Crippen LogP contribution in [0.5, 0.6) is 11.5 Å². The van der Waals surface area contributed by atoms with Crippen LogP contribution in [0.3, 0.4) is 0 Å². The van der Waals surface area contributed by atoms with Crippen molar-refractivity contribution >= 4 is 25.6 Å². The molecular formula is C12H16ClNO5S. The lowest BCUT2D eigenvalue weighted by Crippen LogP contribution is -2.22. The summed E-state index contributed by atoms with van der Waals surface area (Å²) in [5.41, 5.74) is 0.450. The van der Waals surface area contributed by atoms with Gasteiger partial charge in [-0.2, -0.15) is 0 Å². The van der Waals surface area contributed by atoms with Crippen LogP contribution in [-0.4, -0.2) is 35.1 Å². The molecule has 0 aliphatic carbocycles. The van der Waals surface area contributed by atoms with E-state index in [9.17, 15) is 13.2 Å². The number of halogens is 1. The first-order valence-electron chi connectivity index (χ1n) is 5.73. The third-order valence-corrected chi connectivity index (χ3v) is 4.00. The zero-order chi connectivity index (χ0) is 15.3. The molecule has 20 heavy (non-hydrogen) atoms. The van der Waals surface area contributed by atoms with E-state index in [1.54, 1.807) is 0 Å². The zero-order valence-corrected chi connectivity index (χ0v) is 13.0. The quantitative estimate of drug-likeness (QED) is 0.799. The van der Waals surface area contributed by atoms with E-state index in [4.69, 9.17) is 20.2 Å². The van der Waals surface area contributed by atoms with Crippen LogP contribution >= 0.6 is 10.7 Å². The maximum Gasteiger partial charge on any atom is 0.261 e. The van der Waals surface area contributed by atoms with Crippen molar-refractivity contribution in [2.24, 2.45) is 0 Å². The standard InChI is InChI=1S/C12H16ClNO5S/c1-8(15)14-5-4-9-6-10(18-2)11(19-3)7-12(9)20(13,16)17/h6-7H,4-5H2,1-3H3,(H,14,15). The third-order valence-electron chi connectivity index (χ3n) is 2.60. The van der Waals surface area contributed by atoms with Crippen LogP contribution in [0, 0.1) is 0 Å². The van der Waals surface area contributed by atoms with E-state index in [-0.39, 0.29) is 16.6 Å². The summed E-state index contributed by atoms with van der Waals surface area (Å²) in [6, 6.07) is 2.85. The Balaban J connectivity index is 3.21. The van der Waals surface area contributed by atoms with Crippen molar-refractivity contribution in [3.05, 3.63) is 17.7 Å². The van der Waals surface area contributed by atoms with Gasteiger partial charge in [-0.1, -0.05) is 0 Å². The molecule has 1 amide bonds. The number of rotatable bonds is 6. The largest absolute Gasteiger partial charge is 0.493 e. The van der Waals surface area contributed by atoms with Gasteiger partial charge in [0, 0.05) is 30.2 Å². The van der Waals surface area contributed by atoms with Gasteiger partial charge < -0.3 is 14.8 Å². The molecule has 0 aromatic heterocycles. The summed E-state index contributed by atoms with van der Waals surface area (Å²) in [6.07, 6.45) is 0.307. The summed E-state index contributed by atoms with van der Waals surface area (Å²) in [7, 11) is 4.35. The van der Waals surface area contributed by atoms with Gasteiger partial charge in [-0.25, -0.2) is 8.42 Å². The molecule has 0 spiro atoms. The fourth-order valence-electron chi connectivity index (χ4n) is 1.70. The van der Waals surface area contributed by atoms with Crippen LogP contribution in [0.15, 0.2) is 17.0 Å². The van der Waals surface area contributed by atoms with E-state index in [2.05, 4.69) is 5.32 Å². The molecule has 0 radical (unpaired) electrons. The highest BCUT2D eigenvalue weighted by molar-refractivity contribution is 8.13. The van der Waals surface area contributed by atoms with Crippen molar-refractivity contribution in [2.75, 3.05) is 20.8 Å². The summed E-state index contributed by atoms with van der Waals surface area (Å²) >= 11 is 0. The Kier molecular flexibility index (Phi) is 5.64. The van der Waals surface area contributed by atoms with Gasteiger partial charge in [0.25, 0.3) is 9.05 Å². The predicted octanol–water partition coefficient (Wildman–Crippen LogP) is 1.31. The number of ether oxygens (including phenoxy) is 2. The minimum atomic E-state index is -3.92. The average Bonchev–Trinajstić information content (AvgIpc) is 2.36. The van der Waals surface area contributed by atoms with Gasteiger partial charge >= 0.3 is 0 Å². The SMILES string of the molecule is COc1cc(CCNC(C)=O)c(S(=O)(=O)Cl)cc1OC.